The first-order chi connectivity index (χ1) is 10.1. The maximum atomic E-state index is 11.1. The molecule has 0 amide bonds. The lowest BCUT2D eigenvalue weighted by Crippen LogP contribution is -2.39. The highest BCUT2D eigenvalue weighted by atomic mass is 16.5. The number of benzene rings is 2. The van der Waals surface area contributed by atoms with Crippen molar-refractivity contribution in [2.24, 2.45) is 10.7 Å². The highest BCUT2D eigenvalue weighted by Crippen LogP contribution is 2.46. The van der Waals surface area contributed by atoms with Crippen molar-refractivity contribution in [3.63, 3.8) is 0 Å². The molecule has 108 valence electrons. The van der Waals surface area contributed by atoms with E-state index in [9.17, 15) is 5.11 Å². The smallest absolute Gasteiger partial charge is 0.174 e. The average Bonchev–Trinajstić information content (AvgIpc) is 2.78. The van der Waals surface area contributed by atoms with Gasteiger partial charge in [-0.1, -0.05) is 30.3 Å². The van der Waals surface area contributed by atoms with E-state index < -0.39 is 5.60 Å². The Balaban J connectivity index is 2.23. The van der Waals surface area contributed by atoms with Gasteiger partial charge in [0, 0.05) is 11.6 Å². The van der Waals surface area contributed by atoms with Crippen LogP contribution in [0.1, 0.15) is 11.1 Å². The molecule has 3 rings (SSSR count). The summed E-state index contributed by atoms with van der Waals surface area (Å²) >= 11 is 0. The summed E-state index contributed by atoms with van der Waals surface area (Å²) in [6.07, 6.45) is 0. The van der Waals surface area contributed by atoms with Gasteiger partial charge in [-0.05, 0) is 11.6 Å². The second-order valence-electron chi connectivity index (χ2n) is 4.80. The summed E-state index contributed by atoms with van der Waals surface area (Å²) in [7, 11) is 3.10. The topological polar surface area (TPSA) is 77.1 Å². The van der Waals surface area contributed by atoms with Crippen LogP contribution >= 0.6 is 0 Å². The van der Waals surface area contributed by atoms with Gasteiger partial charge in [-0.3, -0.25) is 0 Å². The predicted octanol–water partition coefficient (Wildman–Crippen LogP) is 1.94. The second kappa shape index (κ2) is 4.79. The van der Waals surface area contributed by atoms with E-state index in [0.717, 1.165) is 0 Å². The maximum Gasteiger partial charge on any atom is 0.174 e. The zero-order valence-corrected chi connectivity index (χ0v) is 11.8. The number of aliphatic imine (C=N–C) groups is 1. The summed E-state index contributed by atoms with van der Waals surface area (Å²) in [6, 6.07) is 12.6. The number of aliphatic hydroxyl groups is 1. The molecule has 0 saturated heterocycles. The Morgan fingerprint density at radius 3 is 2.29 bits per heavy atom. The van der Waals surface area contributed by atoms with Crippen LogP contribution in [0, 0.1) is 0 Å². The molecule has 0 aliphatic carbocycles. The van der Waals surface area contributed by atoms with Gasteiger partial charge in [-0.15, -0.1) is 0 Å². The van der Waals surface area contributed by atoms with Crippen LogP contribution < -0.4 is 15.2 Å². The Bertz CT molecular complexity index is 713. The van der Waals surface area contributed by atoms with Crippen molar-refractivity contribution in [2.75, 3.05) is 14.2 Å². The third-order valence-electron chi connectivity index (χ3n) is 3.69. The average molecular weight is 284 g/mol. The van der Waals surface area contributed by atoms with Crippen molar-refractivity contribution in [3.05, 3.63) is 53.6 Å². The molecule has 5 nitrogen and oxygen atoms in total. The van der Waals surface area contributed by atoms with Crippen LogP contribution in [0.4, 0.5) is 5.69 Å². The molecule has 0 spiro atoms. The van der Waals surface area contributed by atoms with Crippen molar-refractivity contribution in [2.45, 2.75) is 5.60 Å². The van der Waals surface area contributed by atoms with Gasteiger partial charge in [0.2, 0.25) is 0 Å². The summed E-state index contributed by atoms with van der Waals surface area (Å²) in [5.41, 5.74) is 6.38. The van der Waals surface area contributed by atoms with Crippen molar-refractivity contribution in [1.29, 1.82) is 0 Å². The van der Waals surface area contributed by atoms with Crippen LogP contribution in [0.15, 0.2) is 47.5 Å². The fraction of sp³-hybridized carbons (Fsp3) is 0.188. The zero-order chi connectivity index (χ0) is 15.0. The lowest BCUT2D eigenvalue weighted by Gasteiger charge is -2.25. The van der Waals surface area contributed by atoms with E-state index in [2.05, 4.69) is 4.99 Å². The van der Waals surface area contributed by atoms with Crippen LogP contribution in [-0.2, 0) is 5.60 Å². The van der Waals surface area contributed by atoms with E-state index in [-0.39, 0.29) is 5.84 Å². The predicted molar refractivity (Wildman–Crippen MR) is 80.3 cm³/mol. The summed E-state index contributed by atoms with van der Waals surface area (Å²) in [5.74, 6) is 1.21. The lowest BCUT2D eigenvalue weighted by atomic mass is 9.86. The third-order valence-corrected chi connectivity index (χ3v) is 3.69. The van der Waals surface area contributed by atoms with E-state index in [0.29, 0.717) is 28.3 Å². The Hall–Kier alpha value is -2.53. The molecule has 1 atom stereocenters. The molecule has 2 aromatic rings. The Morgan fingerprint density at radius 1 is 1.05 bits per heavy atom. The molecular weight excluding hydrogens is 268 g/mol. The Morgan fingerprint density at radius 2 is 1.67 bits per heavy atom. The summed E-state index contributed by atoms with van der Waals surface area (Å²) in [4.78, 5) is 4.27. The monoisotopic (exact) mass is 284 g/mol. The lowest BCUT2D eigenvalue weighted by molar-refractivity contribution is 0.158. The maximum absolute atomic E-state index is 11.1. The molecule has 1 heterocycles. The molecule has 0 aromatic heterocycles. The van der Waals surface area contributed by atoms with Gasteiger partial charge >= 0.3 is 0 Å². The van der Waals surface area contributed by atoms with Gasteiger partial charge in [0.1, 0.15) is 5.84 Å². The first kappa shape index (κ1) is 13.5. The minimum absolute atomic E-state index is 0.138. The van der Waals surface area contributed by atoms with Crippen LogP contribution in [0.2, 0.25) is 0 Å². The fourth-order valence-corrected chi connectivity index (χ4v) is 2.58. The van der Waals surface area contributed by atoms with Crippen molar-refractivity contribution < 1.29 is 14.6 Å². The molecule has 0 saturated carbocycles. The van der Waals surface area contributed by atoms with Gasteiger partial charge in [0.05, 0.1) is 19.9 Å². The van der Waals surface area contributed by atoms with Gasteiger partial charge in [0.15, 0.2) is 17.1 Å². The normalized spacial score (nSPS) is 19.9. The van der Waals surface area contributed by atoms with E-state index >= 15 is 0 Å². The van der Waals surface area contributed by atoms with Crippen LogP contribution in [0.5, 0.6) is 11.5 Å². The van der Waals surface area contributed by atoms with Crippen LogP contribution in [0.3, 0.4) is 0 Å². The minimum Gasteiger partial charge on any atom is -0.493 e. The molecule has 3 N–H and O–H groups in total. The standard InChI is InChI=1S/C16H16N2O3/c1-20-13-8-11-12(9-14(13)21-2)18-15(17)16(11,19)10-6-4-3-5-7-10/h3-9,19H,1-2H3,(H2,17,18). The van der Waals surface area contributed by atoms with E-state index in [1.807, 2.05) is 30.3 Å². The number of methoxy groups -OCH3 is 2. The minimum atomic E-state index is -1.45. The molecular formula is C16H16N2O3. The number of rotatable bonds is 3. The number of fused-ring (bicyclic) bond motifs is 1. The van der Waals surface area contributed by atoms with Gasteiger partial charge < -0.3 is 20.3 Å². The van der Waals surface area contributed by atoms with Gasteiger partial charge in [-0.25, -0.2) is 4.99 Å². The first-order valence-corrected chi connectivity index (χ1v) is 6.50. The second-order valence-corrected chi connectivity index (χ2v) is 4.80. The third kappa shape index (κ3) is 1.86. The Kier molecular flexibility index (Phi) is 3.07. The number of hydrogen-bond donors (Lipinski definition) is 2. The summed E-state index contributed by atoms with van der Waals surface area (Å²) < 4.78 is 10.6. The van der Waals surface area contributed by atoms with Crippen molar-refractivity contribution >= 4 is 11.5 Å². The van der Waals surface area contributed by atoms with Gasteiger partial charge in [-0.2, -0.15) is 0 Å². The Labute approximate surface area is 122 Å². The first-order valence-electron chi connectivity index (χ1n) is 6.50. The summed E-state index contributed by atoms with van der Waals surface area (Å²) in [6.45, 7) is 0. The fourth-order valence-electron chi connectivity index (χ4n) is 2.58. The van der Waals surface area contributed by atoms with Crippen molar-refractivity contribution in [1.82, 2.24) is 0 Å². The SMILES string of the molecule is COc1cc2c(cc1OC)C(O)(c1ccccc1)C(N)=N2. The largest absolute Gasteiger partial charge is 0.493 e. The number of amidine groups is 1. The van der Waals surface area contributed by atoms with E-state index in [1.54, 1.807) is 26.4 Å². The highest BCUT2D eigenvalue weighted by Gasteiger charge is 2.43. The number of hydrogen-bond acceptors (Lipinski definition) is 5. The van der Waals surface area contributed by atoms with E-state index in [4.69, 9.17) is 15.2 Å². The summed E-state index contributed by atoms with van der Waals surface area (Å²) in [5, 5.41) is 11.1. The number of nitrogens with two attached hydrogens (primary N) is 1. The van der Waals surface area contributed by atoms with E-state index in [1.165, 1.54) is 0 Å². The number of ether oxygens (including phenoxy) is 2. The number of nitrogens with zero attached hydrogens (tertiary/aromatic N) is 1. The molecule has 0 fully saturated rings. The quantitative estimate of drug-likeness (QED) is 0.903. The van der Waals surface area contributed by atoms with Crippen LogP contribution in [-0.4, -0.2) is 25.2 Å². The van der Waals surface area contributed by atoms with Crippen molar-refractivity contribution in [3.8, 4) is 11.5 Å². The molecule has 0 bridgehead atoms. The highest BCUT2D eigenvalue weighted by molar-refractivity contribution is 6.01. The molecule has 0 radical (unpaired) electrons. The molecule has 21 heavy (non-hydrogen) atoms. The molecule has 5 heteroatoms. The zero-order valence-electron chi connectivity index (χ0n) is 11.8. The van der Waals surface area contributed by atoms with Gasteiger partial charge in [0.25, 0.3) is 0 Å². The molecule has 1 unspecified atom stereocenters. The molecule has 2 aromatic carbocycles. The molecule has 1 aliphatic rings. The van der Waals surface area contributed by atoms with Crippen LogP contribution in [0.25, 0.3) is 0 Å². The molecule has 1 aliphatic heterocycles.